The molecule has 0 aliphatic heterocycles. The Kier molecular flexibility index (Phi) is 4.90. The minimum absolute atomic E-state index is 0.0831. The summed E-state index contributed by atoms with van der Waals surface area (Å²) in [5.74, 6) is 2.37. The molecule has 3 fully saturated rings. The number of ether oxygens (including phenoxy) is 1. The summed E-state index contributed by atoms with van der Waals surface area (Å²) in [6.45, 7) is 3.29. The average Bonchev–Trinajstić information content (AvgIpc) is 2.92. The lowest BCUT2D eigenvalue weighted by Gasteiger charge is -2.59. The number of aliphatic hydroxyl groups is 4. The zero-order valence-corrected chi connectivity index (χ0v) is 17.2. The van der Waals surface area contributed by atoms with Crippen molar-refractivity contribution in [2.24, 2.45) is 28.6 Å². The van der Waals surface area contributed by atoms with Gasteiger partial charge in [0, 0.05) is 12.3 Å². The molecule has 0 aromatic rings. The van der Waals surface area contributed by atoms with Crippen LogP contribution < -0.4 is 0 Å². The van der Waals surface area contributed by atoms with Gasteiger partial charge in [-0.25, -0.2) is 0 Å². The van der Waals surface area contributed by atoms with Gasteiger partial charge in [0.2, 0.25) is 0 Å². The number of allylic oxidation sites excluding steroid dienone is 1. The summed E-state index contributed by atoms with van der Waals surface area (Å²) in [7, 11) is 0. The second kappa shape index (κ2) is 6.81. The molecule has 4 unspecified atom stereocenters. The predicted octanol–water partition coefficient (Wildman–Crippen LogP) is 1.16. The summed E-state index contributed by atoms with van der Waals surface area (Å²) in [6.07, 6.45) is 9.11. The average molecular weight is 405 g/mol. The highest BCUT2D eigenvalue weighted by atomic mass is 16.6. The molecule has 4 rings (SSSR count). The topological polar surface area (TPSA) is 107 Å². The van der Waals surface area contributed by atoms with Gasteiger partial charge in [-0.05, 0) is 67.3 Å². The molecule has 3 saturated carbocycles. The smallest absolute Gasteiger partial charge is 0.303 e. The van der Waals surface area contributed by atoms with Crippen molar-refractivity contribution in [3.63, 3.8) is 0 Å². The van der Waals surface area contributed by atoms with Gasteiger partial charge in [-0.2, -0.15) is 0 Å². The molecule has 9 atom stereocenters. The van der Waals surface area contributed by atoms with E-state index < -0.39 is 29.3 Å². The molecule has 4 aliphatic rings. The lowest BCUT2D eigenvalue weighted by molar-refractivity contribution is -0.161. The first-order chi connectivity index (χ1) is 13.6. The van der Waals surface area contributed by atoms with Crippen molar-refractivity contribution in [3.05, 3.63) is 11.6 Å². The van der Waals surface area contributed by atoms with Gasteiger partial charge in [0.15, 0.2) is 5.60 Å². The van der Waals surface area contributed by atoms with E-state index in [0.29, 0.717) is 25.7 Å². The number of hydrogen-bond donors (Lipinski definition) is 4. The first kappa shape index (κ1) is 20.9. The molecule has 29 heavy (non-hydrogen) atoms. The van der Waals surface area contributed by atoms with Crippen molar-refractivity contribution in [1.29, 1.82) is 0 Å². The van der Waals surface area contributed by atoms with E-state index in [0.717, 1.165) is 18.4 Å². The summed E-state index contributed by atoms with van der Waals surface area (Å²) in [4.78, 5) is 11.4. The molecule has 0 heterocycles. The number of fused-ring (bicyclic) bond motifs is 5. The maximum absolute atomic E-state index is 11.4. The third kappa shape index (κ3) is 2.61. The van der Waals surface area contributed by atoms with E-state index in [4.69, 9.17) is 11.2 Å². The highest BCUT2D eigenvalue weighted by Crippen LogP contribution is 2.67. The number of hydrogen-bond acceptors (Lipinski definition) is 6. The standard InChI is InChI=1S/C23H32O6/c1-4-23(28)19(26)11-17-14-5-6-16-20(27)18(29-13(2)25)8-9-21(16,3)15(14)7-10-22(17,23)12-24/h1,6,14-15,17-20,24,26-28H,5,7-12H2,2-3H3/t14-,15-,17+,18?,19?,20?,21-,22-,23?/m1/s1. The second-order valence-electron chi connectivity index (χ2n) is 9.84. The van der Waals surface area contributed by atoms with E-state index in [2.05, 4.69) is 18.9 Å². The molecule has 6 heteroatoms. The number of carbonyl (C=O) groups is 1. The van der Waals surface area contributed by atoms with Crippen LogP contribution in [0, 0.1) is 40.9 Å². The molecule has 0 aromatic carbocycles. The van der Waals surface area contributed by atoms with Crippen LogP contribution in [0.3, 0.4) is 0 Å². The number of rotatable bonds is 2. The van der Waals surface area contributed by atoms with Gasteiger partial charge in [0.1, 0.15) is 12.2 Å². The molecule has 4 aliphatic carbocycles. The monoisotopic (exact) mass is 404 g/mol. The largest absolute Gasteiger partial charge is 0.459 e. The third-order valence-corrected chi connectivity index (χ3v) is 8.89. The first-order valence-corrected chi connectivity index (χ1v) is 10.7. The highest BCUT2D eigenvalue weighted by molar-refractivity contribution is 5.66. The van der Waals surface area contributed by atoms with E-state index in [9.17, 15) is 25.2 Å². The molecule has 0 bridgehead atoms. The van der Waals surface area contributed by atoms with Crippen molar-refractivity contribution in [3.8, 4) is 12.3 Å². The summed E-state index contributed by atoms with van der Waals surface area (Å²) in [5, 5.41) is 43.0. The SMILES string of the molecule is C#CC1(O)C(O)C[C@H]2[C@@H]3CC=C4C(O)C(OC(C)=O)CC[C@]4(C)[C@@H]3CC[C@@]21CO. The molecule has 0 amide bonds. The molecular weight excluding hydrogens is 372 g/mol. The minimum atomic E-state index is -1.71. The van der Waals surface area contributed by atoms with Gasteiger partial charge in [-0.3, -0.25) is 4.79 Å². The molecule has 0 saturated heterocycles. The normalized spacial score (nSPS) is 51.1. The zero-order chi connectivity index (χ0) is 21.2. The number of esters is 1. The second-order valence-corrected chi connectivity index (χ2v) is 9.84. The maximum Gasteiger partial charge on any atom is 0.303 e. The Balaban J connectivity index is 1.69. The maximum atomic E-state index is 11.4. The van der Waals surface area contributed by atoms with Gasteiger partial charge in [0.05, 0.1) is 12.7 Å². The van der Waals surface area contributed by atoms with E-state index >= 15 is 0 Å². The van der Waals surface area contributed by atoms with Crippen LogP contribution in [-0.2, 0) is 9.53 Å². The van der Waals surface area contributed by atoms with E-state index in [-0.39, 0.29) is 35.7 Å². The predicted molar refractivity (Wildman–Crippen MR) is 105 cm³/mol. The number of carbonyl (C=O) groups excluding carboxylic acids is 1. The highest BCUT2D eigenvalue weighted by Gasteiger charge is 2.69. The van der Waals surface area contributed by atoms with Crippen molar-refractivity contribution in [2.75, 3.05) is 6.61 Å². The number of aliphatic hydroxyl groups excluding tert-OH is 3. The van der Waals surface area contributed by atoms with Gasteiger partial charge < -0.3 is 25.2 Å². The van der Waals surface area contributed by atoms with Crippen LogP contribution in [0.5, 0.6) is 0 Å². The Hall–Kier alpha value is -1.39. The Labute approximate surface area is 172 Å². The van der Waals surface area contributed by atoms with Crippen LogP contribution in [0.1, 0.15) is 52.4 Å². The molecular formula is C23H32O6. The van der Waals surface area contributed by atoms with Gasteiger partial charge >= 0.3 is 5.97 Å². The van der Waals surface area contributed by atoms with Gasteiger partial charge in [0.25, 0.3) is 0 Å². The lowest BCUT2D eigenvalue weighted by atomic mass is 9.46. The Bertz CT molecular complexity index is 770. The fourth-order valence-electron chi connectivity index (χ4n) is 7.43. The van der Waals surface area contributed by atoms with Crippen LogP contribution in [0.4, 0.5) is 0 Å². The molecule has 0 aromatic heterocycles. The first-order valence-electron chi connectivity index (χ1n) is 10.7. The summed E-state index contributed by atoms with van der Waals surface area (Å²) < 4.78 is 5.34. The zero-order valence-electron chi connectivity index (χ0n) is 17.2. The quantitative estimate of drug-likeness (QED) is 0.313. The van der Waals surface area contributed by atoms with Crippen LogP contribution in [0.15, 0.2) is 11.6 Å². The van der Waals surface area contributed by atoms with Gasteiger partial charge in [-0.15, -0.1) is 6.42 Å². The van der Waals surface area contributed by atoms with Crippen LogP contribution in [0.25, 0.3) is 0 Å². The minimum Gasteiger partial charge on any atom is -0.459 e. The molecule has 6 nitrogen and oxygen atoms in total. The van der Waals surface area contributed by atoms with Crippen molar-refractivity contribution >= 4 is 5.97 Å². The van der Waals surface area contributed by atoms with Crippen molar-refractivity contribution < 1.29 is 30.0 Å². The molecule has 0 spiro atoms. The van der Waals surface area contributed by atoms with E-state index in [1.54, 1.807) is 0 Å². The third-order valence-electron chi connectivity index (χ3n) is 8.89. The Morgan fingerprint density at radius 2 is 2.03 bits per heavy atom. The molecule has 4 N–H and O–H groups in total. The number of terminal acetylenes is 1. The van der Waals surface area contributed by atoms with Crippen LogP contribution in [0.2, 0.25) is 0 Å². The fourth-order valence-corrected chi connectivity index (χ4v) is 7.43. The molecule has 0 radical (unpaired) electrons. The van der Waals surface area contributed by atoms with Crippen LogP contribution >= 0.6 is 0 Å². The molecule has 160 valence electrons. The van der Waals surface area contributed by atoms with E-state index in [1.165, 1.54) is 6.92 Å². The van der Waals surface area contributed by atoms with Gasteiger partial charge in [-0.1, -0.05) is 18.9 Å². The lowest BCUT2D eigenvalue weighted by Crippen LogP contribution is -2.59. The summed E-state index contributed by atoms with van der Waals surface area (Å²) >= 11 is 0. The van der Waals surface area contributed by atoms with Crippen molar-refractivity contribution in [1.82, 2.24) is 0 Å². The Morgan fingerprint density at radius 1 is 1.31 bits per heavy atom. The summed E-state index contributed by atoms with van der Waals surface area (Å²) in [6, 6.07) is 0. The fraction of sp³-hybridized carbons (Fsp3) is 0.783. The van der Waals surface area contributed by atoms with Crippen LogP contribution in [-0.4, -0.2) is 56.9 Å². The summed E-state index contributed by atoms with van der Waals surface area (Å²) in [5.41, 5.74) is -1.90. The van der Waals surface area contributed by atoms with Crippen molar-refractivity contribution in [2.45, 2.75) is 76.3 Å². The Morgan fingerprint density at radius 3 is 2.66 bits per heavy atom. The van der Waals surface area contributed by atoms with E-state index in [1.807, 2.05) is 0 Å².